The first-order valence-corrected chi connectivity index (χ1v) is 14.4. The fourth-order valence-corrected chi connectivity index (χ4v) is 4.48. The zero-order valence-corrected chi connectivity index (χ0v) is 21.4. The van der Waals surface area contributed by atoms with Crippen LogP contribution >= 0.6 is 11.6 Å². The summed E-state index contributed by atoms with van der Waals surface area (Å²) in [4.78, 5) is 11.1. The minimum absolute atomic E-state index is 0.194. The summed E-state index contributed by atoms with van der Waals surface area (Å²) in [6, 6.07) is 0. The number of Topliss-reactive ketones (excluding diaryl/α,β-unsaturated/α-hetero) is 1. The van der Waals surface area contributed by atoms with Crippen molar-refractivity contribution < 1.29 is 4.79 Å². The number of carbonyl (C=O) groups excluding carboxylic acids is 1. The molecule has 0 aromatic carbocycles. The van der Waals surface area contributed by atoms with Crippen molar-refractivity contribution >= 4 is 17.4 Å². The van der Waals surface area contributed by atoms with E-state index in [9.17, 15) is 4.79 Å². The van der Waals surface area contributed by atoms with Gasteiger partial charge in [0.1, 0.15) is 5.78 Å². The van der Waals surface area contributed by atoms with Crippen LogP contribution in [0.5, 0.6) is 0 Å². The minimum Gasteiger partial charge on any atom is -0.298 e. The molecule has 0 unspecified atom stereocenters. The molecular weight excluding hydrogens is 388 g/mol. The van der Waals surface area contributed by atoms with Gasteiger partial charge in [-0.25, -0.2) is 0 Å². The summed E-state index contributed by atoms with van der Waals surface area (Å²) in [5.74, 6) is 0.398. The minimum atomic E-state index is 0.194. The van der Waals surface area contributed by atoms with Gasteiger partial charge in [-0.05, 0) is 6.42 Å². The molecule has 0 bridgehead atoms. The first kappa shape index (κ1) is 30.0. The molecule has 0 N–H and O–H groups in total. The molecule has 0 aliphatic carbocycles. The van der Waals surface area contributed by atoms with Crippen LogP contribution in [0, 0.1) is 0 Å². The molecule has 0 heterocycles. The molecule has 0 aliphatic rings. The SMILES string of the molecule is CCCCCCCCCCCCCCCCCCCCCCCCCCC(=O)CCl. The molecule has 0 aromatic rings. The van der Waals surface area contributed by atoms with Crippen LogP contribution in [0.1, 0.15) is 167 Å². The zero-order chi connectivity index (χ0) is 22.0. The standard InChI is InChI=1S/C28H55ClO/c1-2-3-4-5-6-7-8-9-10-11-12-13-14-15-16-17-18-19-20-21-22-23-24-25-26-28(30)27-29/h2-27H2,1H3. The summed E-state index contributed by atoms with van der Waals surface area (Å²) < 4.78 is 0. The summed E-state index contributed by atoms with van der Waals surface area (Å²) in [7, 11) is 0. The molecule has 0 amide bonds. The molecule has 0 spiro atoms. The van der Waals surface area contributed by atoms with Crippen molar-refractivity contribution in [3.63, 3.8) is 0 Å². The van der Waals surface area contributed by atoms with Crippen LogP contribution in [0.3, 0.4) is 0 Å². The summed E-state index contributed by atoms with van der Waals surface area (Å²) in [6.07, 6.45) is 34.5. The van der Waals surface area contributed by atoms with E-state index in [0.29, 0.717) is 6.42 Å². The zero-order valence-electron chi connectivity index (χ0n) is 20.7. The number of hydrogen-bond acceptors (Lipinski definition) is 1. The molecule has 0 aliphatic heterocycles. The highest BCUT2D eigenvalue weighted by Crippen LogP contribution is 2.15. The molecule has 180 valence electrons. The van der Waals surface area contributed by atoms with Crippen LogP contribution in [0.2, 0.25) is 0 Å². The maximum atomic E-state index is 11.1. The fourth-order valence-electron chi connectivity index (χ4n) is 4.35. The topological polar surface area (TPSA) is 17.1 Å². The number of halogens is 1. The maximum Gasteiger partial charge on any atom is 0.147 e. The maximum absolute atomic E-state index is 11.1. The first-order valence-electron chi connectivity index (χ1n) is 13.9. The Hall–Kier alpha value is -0.0400. The van der Waals surface area contributed by atoms with E-state index in [1.165, 1.54) is 148 Å². The van der Waals surface area contributed by atoms with E-state index >= 15 is 0 Å². The molecule has 0 aromatic heterocycles. The second kappa shape index (κ2) is 27.0. The first-order chi connectivity index (χ1) is 14.8. The third-order valence-corrected chi connectivity index (χ3v) is 6.76. The summed E-state index contributed by atoms with van der Waals surface area (Å²) >= 11 is 5.51. The Morgan fingerprint density at radius 2 is 0.667 bits per heavy atom. The number of rotatable bonds is 26. The van der Waals surface area contributed by atoms with Crippen molar-refractivity contribution in [3.8, 4) is 0 Å². The van der Waals surface area contributed by atoms with E-state index in [1.807, 2.05) is 0 Å². The summed E-state index contributed by atoms with van der Waals surface area (Å²) in [6.45, 7) is 2.30. The molecule has 0 atom stereocenters. The fraction of sp³-hybridized carbons (Fsp3) is 0.964. The van der Waals surface area contributed by atoms with Gasteiger partial charge < -0.3 is 0 Å². The smallest absolute Gasteiger partial charge is 0.147 e. The normalized spacial score (nSPS) is 11.3. The van der Waals surface area contributed by atoms with E-state index in [2.05, 4.69) is 6.92 Å². The highest BCUT2D eigenvalue weighted by Gasteiger charge is 1.99. The second-order valence-electron chi connectivity index (χ2n) is 9.55. The van der Waals surface area contributed by atoms with Crippen LogP contribution in [0.4, 0.5) is 0 Å². The Kier molecular flexibility index (Phi) is 27.0. The largest absolute Gasteiger partial charge is 0.298 e. The number of alkyl halides is 1. The number of carbonyl (C=O) groups is 1. The summed E-state index contributed by atoms with van der Waals surface area (Å²) in [5.41, 5.74) is 0. The predicted octanol–water partition coefficient (Wildman–Crippen LogP) is 10.6. The lowest BCUT2D eigenvalue weighted by Crippen LogP contribution is -1.98. The molecule has 0 radical (unpaired) electrons. The third kappa shape index (κ3) is 26.0. The highest BCUT2D eigenvalue weighted by molar-refractivity contribution is 6.27. The van der Waals surface area contributed by atoms with Crippen molar-refractivity contribution in [1.82, 2.24) is 0 Å². The van der Waals surface area contributed by atoms with Gasteiger partial charge in [0.2, 0.25) is 0 Å². The third-order valence-electron chi connectivity index (χ3n) is 6.46. The van der Waals surface area contributed by atoms with Crippen molar-refractivity contribution in [2.75, 3.05) is 5.88 Å². The Labute approximate surface area is 195 Å². The monoisotopic (exact) mass is 442 g/mol. The van der Waals surface area contributed by atoms with Crippen LogP contribution in [-0.2, 0) is 4.79 Å². The van der Waals surface area contributed by atoms with E-state index in [-0.39, 0.29) is 11.7 Å². The van der Waals surface area contributed by atoms with Gasteiger partial charge in [-0.3, -0.25) is 4.79 Å². The Bertz CT molecular complexity index is 329. The van der Waals surface area contributed by atoms with Gasteiger partial charge in [-0.2, -0.15) is 0 Å². The highest BCUT2D eigenvalue weighted by atomic mass is 35.5. The van der Waals surface area contributed by atoms with Crippen LogP contribution in [0.25, 0.3) is 0 Å². The van der Waals surface area contributed by atoms with Gasteiger partial charge in [-0.15, -0.1) is 11.6 Å². The van der Waals surface area contributed by atoms with Crippen LogP contribution in [0.15, 0.2) is 0 Å². The van der Waals surface area contributed by atoms with E-state index < -0.39 is 0 Å². The number of hydrogen-bond donors (Lipinski definition) is 0. The van der Waals surface area contributed by atoms with E-state index in [0.717, 1.165) is 6.42 Å². The lowest BCUT2D eigenvalue weighted by molar-refractivity contribution is -0.116. The quantitative estimate of drug-likeness (QED) is 0.0960. The van der Waals surface area contributed by atoms with Gasteiger partial charge in [0.25, 0.3) is 0 Å². The predicted molar refractivity (Wildman–Crippen MR) is 137 cm³/mol. The molecule has 0 rings (SSSR count). The second-order valence-corrected chi connectivity index (χ2v) is 9.82. The number of unbranched alkanes of at least 4 members (excludes halogenated alkanes) is 23. The molecule has 0 saturated heterocycles. The molecule has 0 saturated carbocycles. The van der Waals surface area contributed by atoms with E-state index in [4.69, 9.17) is 11.6 Å². The average molecular weight is 443 g/mol. The average Bonchev–Trinajstić information content (AvgIpc) is 2.76. The lowest BCUT2D eigenvalue weighted by Gasteiger charge is -2.04. The summed E-state index contributed by atoms with van der Waals surface area (Å²) in [5, 5.41) is 0. The Morgan fingerprint density at radius 1 is 0.433 bits per heavy atom. The van der Waals surface area contributed by atoms with Crippen molar-refractivity contribution in [1.29, 1.82) is 0 Å². The lowest BCUT2D eigenvalue weighted by atomic mass is 10.0. The van der Waals surface area contributed by atoms with E-state index in [1.54, 1.807) is 0 Å². The molecular formula is C28H55ClO. The van der Waals surface area contributed by atoms with Gasteiger partial charge in [0, 0.05) is 6.42 Å². The van der Waals surface area contributed by atoms with Gasteiger partial charge in [-0.1, -0.05) is 155 Å². The molecule has 0 fully saturated rings. The van der Waals surface area contributed by atoms with Gasteiger partial charge in [0.15, 0.2) is 0 Å². The molecule has 1 nitrogen and oxygen atoms in total. The van der Waals surface area contributed by atoms with Crippen molar-refractivity contribution in [2.24, 2.45) is 0 Å². The molecule has 30 heavy (non-hydrogen) atoms. The Morgan fingerprint density at radius 3 is 0.900 bits per heavy atom. The number of ketones is 1. The van der Waals surface area contributed by atoms with Crippen molar-refractivity contribution in [2.45, 2.75) is 167 Å². The van der Waals surface area contributed by atoms with Gasteiger partial charge in [0.05, 0.1) is 5.88 Å². The van der Waals surface area contributed by atoms with Crippen molar-refractivity contribution in [3.05, 3.63) is 0 Å². The van der Waals surface area contributed by atoms with Crippen LogP contribution in [-0.4, -0.2) is 11.7 Å². The molecule has 2 heteroatoms. The Balaban J connectivity index is 3.01. The van der Waals surface area contributed by atoms with Crippen LogP contribution < -0.4 is 0 Å². The van der Waals surface area contributed by atoms with Gasteiger partial charge >= 0.3 is 0 Å².